The van der Waals surface area contributed by atoms with Crippen LogP contribution in [0.5, 0.6) is 0 Å². The van der Waals surface area contributed by atoms with E-state index in [4.69, 9.17) is 0 Å². The summed E-state index contributed by atoms with van der Waals surface area (Å²) in [4.78, 5) is 45.8. The maximum atomic E-state index is 13.4. The number of piperidine rings is 1. The van der Waals surface area contributed by atoms with Gasteiger partial charge in [-0.25, -0.2) is 14.3 Å². The van der Waals surface area contributed by atoms with E-state index >= 15 is 0 Å². The molecule has 0 radical (unpaired) electrons. The lowest BCUT2D eigenvalue weighted by Gasteiger charge is -2.35. The van der Waals surface area contributed by atoms with Crippen LogP contribution in [0.2, 0.25) is 0 Å². The van der Waals surface area contributed by atoms with Gasteiger partial charge in [-0.1, -0.05) is 44.2 Å². The molecule has 1 aromatic carbocycles. The first-order valence-electron chi connectivity index (χ1n) is 10.9. The van der Waals surface area contributed by atoms with Crippen molar-refractivity contribution in [1.29, 1.82) is 0 Å². The normalized spacial score (nSPS) is 19.1. The molecule has 2 atom stereocenters. The number of fused-ring (bicyclic) bond motifs is 1. The van der Waals surface area contributed by atoms with E-state index in [1.165, 1.54) is 4.57 Å². The van der Waals surface area contributed by atoms with Crippen molar-refractivity contribution in [2.75, 3.05) is 13.1 Å². The summed E-state index contributed by atoms with van der Waals surface area (Å²) in [6, 6.07) is 9.56. The highest BCUT2D eigenvalue weighted by molar-refractivity contribution is 5.77. The summed E-state index contributed by atoms with van der Waals surface area (Å²) in [5.74, 6) is 0.622. The van der Waals surface area contributed by atoms with Crippen LogP contribution in [0, 0.1) is 11.8 Å². The highest BCUT2D eigenvalue weighted by Crippen LogP contribution is 2.21. The number of amides is 1. The molecular formula is C23H29N5O3. The number of hydrogen-bond donors (Lipinski definition) is 0. The van der Waals surface area contributed by atoms with Crippen molar-refractivity contribution in [2.45, 2.75) is 46.8 Å². The Labute approximate surface area is 180 Å². The summed E-state index contributed by atoms with van der Waals surface area (Å²) in [6.07, 6.45) is 2.66. The third-order valence-electron chi connectivity index (χ3n) is 6.02. The lowest BCUT2D eigenvalue weighted by molar-refractivity contribution is -0.134. The van der Waals surface area contributed by atoms with Crippen molar-refractivity contribution in [3.8, 4) is 0 Å². The Hall–Kier alpha value is -3.16. The number of carbonyl (C=O) groups is 1. The number of hydrogen-bond acceptors (Lipinski definition) is 4. The van der Waals surface area contributed by atoms with E-state index in [-0.39, 0.29) is 19.0 Å². The molecule has 3 heterocycles. The minimum Gasteiger partial charge on any atom is -0.341 e. The molecule has 1 fully saturated rings. The van der Waals surface area contributed by atoms with E-state index in [1.807, 2.05) is 37.3 Å². The molecule has 0 aliphatic carbocycles. The van der Waals surface area contributed by atoms with E-state index in [2.05, 4.69) is 18.8 Å². The van der Waals surface area contributed by atoms with Crippen molar-refractivity contribution in [1.82, 2.24) is 23.6 Å². The Morgan fingerprint density at radius 2 is 1.74 bits per heavy atom. The lowest BCUT2D eigenvalue weighted by atomic mass is 9.92. The third kappa shape index (κ3) is 4.06. The summed E-state index contributed by atoms with van der Waals surface area (Å²) in [7, 11) is 0. The summed E-state index contributed by atoms with van der Waals surface area (Å²) >= 11 is 0. The fourth-order valence-electron chi connectivity index (χ4n) is 4.63. The molecule has 31 heavy (non-hydrogen) atoms. The maximum Gasteiger partial charge on any atom is 0.333 e. The minimum atomic E-state index is -0.505. The van der Waals surface area contributed by atoms with E-state index < -0.39 is 11.2 Å². The van der Waals surface area contributed by atoms with Gasteiger partial charge in [0.25, 0.3) is 5.56 Å². The molecule has 8 heteroatoms. The zero-order valence-corrected chi connectivity index (χ0v) is 18.3. The highest BCUT2D eigenvalue weighted by atomic mass is 16.2. The first kappa shape index (κ1) is 21.1. The van der Waals surface area contributed by atoms with Crippen molar-refractivity contribution < 1.29 is 4.79 Å². The van der Waals surface area contributed by atoms with Crippen LogP contribution in [0.25, 0.3) is 11.2 Å². The van der Waals surface area contributed by atoms with Crippen LogP contribution in [-0.2, 0) is 24.4 Å². The van der Waals surface area contributed by atoms with Crippen LogP contribution in [0.15, 0.2) is 46.2 Å². The molecular weight excluding hydrogens is 394 g/mol. The molecule has 1 amide bonds. The molecule has 0 bridgehead atoms. The number of imidazole rings is 1. The Morgan fingerprint density at radius 1 is 1.06 bits per heavy atom. The van der Waals surface area contributed by atoms with Crippen LogP contribution >= 0.6 is 0 Å². The van der Waals surface area contributed by atoms with Crippen molar-refractivity contribution >= 4 is 17.1 Å². The van der Waals surface area contributed by atoms with Crippen molar-refractivity contribution in [3.63, 3.8) is 0 Å². The summed E-state index contributed by atoms with van der Waals surface area (Å²) < 4.78 is 4.29. The molecule has 8 nitrogen and oxygen atoms in total. The van der Waals surface area contributed by atoms with Crippen molar-refractivity contribution in [3.05, 3.63) is 63.1 Å². The number of likely N-dealkylation sites (tertiary alicyclic amines) is 1. The van der Waals surface area contributed by atoms with Gasteiger partial charge >= 0.3 is 5.69 Å². The van der Waals surface area contributed by atoms with Gasteiger partial charge in [0.2, 0.25) is 5.91 Å². The van der Waals surface area contributed by atoms with Gasteiger partial charge in [0, 0.05) is 19.6 Å². The smallest absolute Gasteiger partial charge is 0.333 e. The largest absolute Gasteiger partial charge is 0.341 e. The number of rotatable bonds is 5. The Balaban J connectivity index is 1.78. The van der Waals surface area contributed by atoms with Crippen LogP contribution < -0.4 is 11.2 Å². The highest BCUT2D eigenvalue weighted by Gasteiger charge is 2.27. The molecule has 0 N–H and O–H groups in total. The lowest BCUT2D eigenvalue weighted by Crippen LogP contribution is -2.48. The van der Waals surface area contributed by atoms with Gasteiger partial charge in [-0.05, 0) is 30.7 Å². The monoisotopic (exact) mass is 423 g/mol. The molecule has 0 spiro atoms. The van der Waals surface area contributed by atoms with Crippen LogP contribution in [-0.4, -0.2) is 42.6 Å². The van der Waals surface area contributed by atoms with E-state index in [9.17, 15) is 14.4 Å². The number of carbonyl (C=O) groups excluding carboxylic acids is 1. The number of benzene rings is 1. The van der Waals surface area contributed by atoms with E-state index in [0.717, 1.165) is 16.6 Å². The molecule has 2 aromatic heterocycles. The zero-order chi connectivity index (χ0) is 22.1. The second kappa shape index (κ2) is 8.53. The summed E-state index contributed by atoms with van der Waals surface area (Å²) in [5, 5.41) is 0. The molecule has 0 saturated carbocycles. The van der Waals surface area contributed by atoms with E-state index in [1.54, 1.807) is 15.8 Å². The van der Waals surface area contributed by atoms with Crippen LogP contribution in [0.4, 0.5) is 0 Å². The molecule has 0 unspecified atom stereocenters. The first-order valence-corrected chi connectivity index (χ1v) is 10.9. The van der Waals surface area contributed by atoms with Crippen LogP contribution in [0.1, 0.15) is 32.8 Å². The molecule has 1 aliphatic rings. The SMILES string of the molecule is CCn1cnc2c1c(=O)n(CC(=O)N1C[C@@H](C)C[C@H](C)C1)c(=O)n2Cc1ccccc1. The second-order valence-electron chi connectivity index (χ2n) is 8.69. The Morgan fingerprint density at radius 3 is 2.39 bits per heavy atom. The average Bonchev–Trinajstić information content (AvgIpc) is 3.18. The van der Waals surface area contributed by atoms with Gasteiger partial charge in [-0.15, -0.1) is 0 Å². The van der Waals surface area contributed by atoms with Gasteiger partial charge in [0.05, 0.1) is 12.9 Å². The fraction of sp³-hybridized carbons (Fsp3) is 0.478. The quantitative estimate of drug-likeness (QED) is 0.628. The number of aryl methyl sites for hydroxylation is 1. The second-order valence-corrected chi connectivity index (χ2v) is 8.69. The van der Waals surface area contributed by atoms with Crippen LogP contribution in [0.3, 0.4) is 0 Å². The Kier molecular flexibility index (Phi) is 5.80. The predicted octanol–water partition coefficient (Wildman–Crippen LogP) is 1.93. The minimum absolute atomic E-state index is 0.189. The summed E-state index contributed by atoms with van der Waals surface area (Å²) in [5.41, 5.74) is 0.660. The third-order valence-corrected chi connectivity index (χ3v) is 6.02. The standard InChI is InChI=1S/C23H29N5O3/c1-4-25-15-24-21-20(25)22(30)28(14-19(29)26-11-16(2)10-17(3)12-26)23(31)27(21)13-18-8-6-5-7-9-18/h5-9,15-17H,4,10-14H2,1-3H3/t16-,17-/m0/s1. The summed E-state index contributed by atoms with van der Waals surface area (Å²) in [6.45, 7) is 8.06. The van der Waals surface area contributed by atoms with Gasteiger partial charge in [-0.3, -0.25) is 14.2 Å². The fourth-order valence-corrected chi connectivity index (χ4v) is 4.63. The predicted molar refractivity (Wildman–Crippen MR) is 119 cm³/mol. The number of nitrogens with zero attached hydrogens (tertiary/aromatic N) is 5. The zero-order valence-electron chi connectivity index (χ0n) is 18.3. The average molecular weight is 424 g/mol. The molecule has 4 rings (SSSR count). The Bertz CT molecular complexity index is 1200. The molecule has 164 valence electrons. The maximum absolute atomic E-state index is 13.4. The molecule has 1 aliphatic heterocycles. The topological polar surface area (TPSA) is 82.1 Å². The van der Waals surface area contributed by atoms with Gasteiger partial charge in [0.1, 0.15) is 6.54 Å². The molecule has 1 saturated heterocycles. The van der Waals surface area contributed by atoms with E-state index in [0.29, 0.717) is 42.6 Å². The van der Waals surface area contributed by atoms with Gasteiger partial charge < -0.3 is 9.47 Å². The van der Waals surface area contributed by atoms with Gasteiger partial charge in [0.15, 0.2) is 11.2 Å². The first-order chi connectivity index (χ1) is 14.9. The van der Waals surface area contributed by atoms with Gasteiger partial charge in [-0.2, -0.15) is 0 Å². The molecule has 3 aromatic rings. The van der Waals surface area contributed by atoms with Crippen molar-refractivity contribution in [2.24, 2.45) is 11.8 Å². The number of aromatic nitrogens is 4.